The summed E-state index contributed by atoms with van der Waals surface area (Å²) in [4.78, 5) is 12.1. The van der Waals surface area contributed by atoms with Gasteiger partial charge in [0.1, 0.15) is 0 Å². The highest BCUT2D eigenvalue weighted by atomic mass is 35.5. The standard InChI is InChI=1S/C27H43ClO2/c1-9-11-12-17-26(28)22(6)19-18-21(5)15-13-14-16-25(20(3)4)23(7)24(8)27(29)30-10-2/h9,11-12,20,25H,1,5,10,13-19H2,2-4,6-8H3. The third kappa shape index (κ3) is 11.6. The third-order valence-corrected chi connectivity index (χ3v) is 6.19. The van der Waals surface area contributed by atoms with E-state index >= 15 is 0 Å². The van der Waals surface area contributed by atoms with Gasteiger partial charge in [0.25, 0.3) is 0 Å². The summed E-state index contributed by atoms with van der Waals surface area (Å²) in [6.07, 6.45) is 12.8. The van der Waals surface area contributed by atoms with Gasteiger partial charge in [-0.25, -0.2) is 4.79 Å². The molecule has 0 heterocycles. The van der Waals surface area contributed by atoms with Crippen molar-refractivity contribution >= 4 is 17.6 Å². The van der Waals surface area contributed by atoms with Gasteiger partial charge in [-0.15, -0.1) is 0 Å². The summed E-state index contributed by atoms with van der Waals surface area (Å²) in [5.74, 6) is 0.731. The molecule has 0 spiro atoms. The van der Waals surface area contributed by atoms with E-state index in [2.05, 4.69) is 40.9 Å². The Morgan fingerprint density at radius 2 is 1.77 bits per heavy atom. The lowest BCUT2D eigenvalue weighted by molar-refractivity contribution is -0.138. The number of unbranched alkanes of at least 4 members (excludes halogenated alkanes) is 1. The number of carbonyl (C=O) groups is 1. The Kier molecular flexibility index (Phi) is 15.4. The molecule has 0 aliphatic heterocycles. The summed E-state index contributed by atoms with van der Waals surface area (Å²) in [5.41, 5.74) is 4.46. The molecular formula is C27H43ClO2. The molecule has 0 aromatic carbocycles. The lowest BCUT2D eigenvalue weighted by atomic mass is 9.82. The van der Waals surface area contributed by atoms with Crippen LogP contribution in [-0.2, 0) is 9.53 Å². The maximum atomic E-state index is 12.1. The molecule has 170 valence electrons. The lowest BCUT2D eigenvalue weighted by Gasteiger charge is -2.23. The average Bonchev–Trinajstić information content (AvgIpc) is 2.70. The van der Waals surface area contributed by atoms with Gasteiger partial charge >= 0.3 is 5.97 Å². The Balaban J connectivity index is 4.52. The predicted molar refractivity (Wildman–Crippen MR) is 133 cm³/mol. The van der Waals surface area contributed by atoms with Crippen LogP contribution in [0.25, 0.3) is 0 Å². The molecule has 1 unspecified atom stereocenters. The molecule has 30 heavy (non-hydrogen) atoms. The van der Waals surface area contributed by atoms with Crippen molar-refractivity contribution in [2.45, 2.75) is 86.5 Å². The normalized spacial score (nSPS) is 14.4. The largest absolute Gasteiger partial charge is 0.463 e. The Labute approximate surface area is 190 Å². The first kappa shape index (κ1) is 28.5. The molecule has 0 aromatic heterocycles. The molecule has 0 aliphatic carbocycles. The van der Waals surface area contributed by atoms with Gasteiger partial charge in [0, 0.05) is 17.0 Å². The molecule has 0 bridgehead atoms. The van der Waals surface area contributed by atoms with E-state index in [-0.39, 0.29) is 5.97 Å². The fourth-order valence-corrected chi connectivity index (χ4v) is 3.72. The van der Waals surface area contributed by atoms with E-state index in [9.17, 15) is 4.79 Å². The smallest absolute Gasteiger partial charge is 0.333 e. The molecule has 0 aliphatic rings. The first-order valence-corrected chi connectivity index (χ1v) is 11.7. The summed E-state index contributed by atoms with van der Waals surface area (Å²) < 4.78 is 5.17. The van der Waals surface area contributed by atoms with Crippen molar-refractivity contribution in [2.24, 2.45) is 11.8 Å². The van der Waals surface area contributed by atoms with Crippen molar-refractivity contribution in [3.63, 3.8) is 0 Å². The van der Waals surface area contributed by atoms with Crippen LogP contribution in [0.3, 0.4) is 0 Å². The molecular weight excluding hydrogens is 392 g/mol. The number of carbonyl (C=O) groups excluding carboxylic acids is 1. The van der Waals surface area contributed by atoms with Gasteiger partial charge in [0.15, 0.2) is 0 Å². The summed E-state index contributed by atoms with van der Waals surface area (Å²) in [6.45, 7) is 20.7. The van der Waals surface area contributed by atoms with Gasteiger partial charge < -0.3 is 4.74 Å². The quantitative estimate of drug-likeness (QED) is 0.0846. The zero-order chi connectivity index (χ0) is 23.1. The van der Waals surface area contributed by atoms with Gasteiger partial charge in [-0.05, 0) is 71.6 Å². The van der Waals surface area contributed by atoms with Crippen molar-refractivity contribution in [1.29, 1.82) is 0 Å². The van der Waals surface area contributed by atoms with E-state index in [1.807, 2.05) is 26.0 Å². The first-order valence-electron chi connectivity index (χ1n) is 11.3. The number of ether oxygens (including phenoxy) is 1. The van der Waals surface area contributed by atoms with E-state index in [1.54, 1.807) is 6.08 Å². The summed E-state index contributed by atoms with van der Waals surface area (Å²) in [5, 5.41) is 0.917. The molecule has 2 nitrogen and oxygen atoms in total. The second-order valence-corrected chi connectivity index (χ2v) is 8.88. The van der Waals surface area contributed by atoms with Crippen LogP contribution in [0.4, 0.5) is 0 Å². The maximum Gasteiger partial charge on any atom is 0.333 e. The van der Waals surface area contributed by atoms with E-state index in [1.165, 1.54) is 16.7 Å². The van der Waals surface area contributed by atoms with Crippen LogP contribution in [0.2, 0.25) is 0 Å². The zero-order valence-electron chi connectivity index (χ0n) is 20.2. The Bertz CT molecular complexity index is 650. The highest BCUT2D eigenvalue weighted by Gasteiger charge is 2.20. The van der Waals surface area contributed by atoms with Crippen LogP contribution >= 0.6 is 11.6 Å². The molecule has 0 aromatic rings. The van der Waals surface area contributed by atoms with Crippen molar-refractivity contribution in [3.05, 3.63) is 58.7 Å². The molecule has 3 heteroatoms. The van der Waals surface area contributed by atoms with E-state index in [0.717, 1.165) is 55.6 Å². The molecule has 0 N–H and O–H groups in total. The minimum atomic E-state index is -0.184. The molecule has 0 saturated carbocycles. The van der Waals surface area contributed by atoms with Crippen molar-refractivity contribution in [3.8, 4) is 0 Å². The average molecular weight is 435 g/mol. The van der Waals surface area contributed by atoms with Gasteiger partial charge in [-0.2, -0.15) is 0 Å². The minimum absolute atomic E-state index is 0.184. The molecule has 0 amide bonds. The maximum absolute atomic E-state index is 12.1. The second kappa shape index (κ2) is 16.2. The van der Waals surface area contributed by atoms with Gasteiger partial charge in [-0.1, -0.05) is 80.0 Å². The molecule has 0 fully saturated rings. The monoisotopic (exact) mass is 434 g/mol. The Morgan fingerprint density at radius 3 is 2.33 bits per heavy atom. The summed E-state index contributed by atoms with van der Waals surface area (Å²) in [6, 6.07) is 0. The van der Waals surface area contributed by atoms with Crippen LogP contribution in [0.15, 0.2) is 58.7 Å². The van der Waals surface area contributed by atoms with Crippen LogP contribution < -0.4 is 0 Å². The Hall–Kier alpha value is -1.54. The van der Waals surface area contributed by atoms with E-state index in [4.69, 9.17) is 16.3 Å². The summed E-state index contributed by atoms with van der Waals surface area (Å²) >= 11 is 6.37. The number of hydrogen-bond donors (Lipinski definition) is 0. The SMILES string of the molecule is C=CC=CCC(Cl)=C(C)CCC(=C)CCCCC(C(C)=C(C)C(=O)OCC)C(C)C. The van der Waals surface area contributed by atoms with E-state index in [0.29, 0.717) is 18.4 Å². The third-order valence-electron chi connectivity index (χ3n) is 5.72. The molecule has 0 radical (unpaired) electrons. The zero-order valence-corrected chi connectivity index (χ0v) is 20.9. The van der Waals surface area contributed by atoms with Crippen LogP contribution in [0.1, 0.15) is 86.5 Å². The number of esters is 1. The highest BCUT2D eigenvalue weighted by Crippen LogP contribution is 2.29. The molecule has 0 rings (SSSR count). The summed E-state index contributed by atoms with van der Waals surface area (Å²) in [7, 11) is 0. The predicted octanol–water partition coefficient (Wildman–Crippen LogP) is 8.70. The van der Waals surface area contributed by atoms with Crippen LogP contribution in [0, 0.1) is 11.8 Å². The van der Waals surface area contributed by atoms with Gasteiger partial charge in [0.05, 0.1) is 6.61 Å². The van der Waals surface area contributed by atoms with Gasteiger partial charge in [0.2, 0.25) is 0 Å². The number of rotatable bonds is 15. The fraction of sp³-hybridized carbons (Fsp3) is 0.593. The second-order valence-electron chi connectivity index (χ2n) is 8.43. The highest BCUT2D eigenvalue weighted by molar-refractivity contribution is 6.30. The molecule has 0 saturated heterocycles. The minimum Gasteiger partial charge on any atom is -0.463 e. The van der Waals surface area contributed by atoms with Gasteiger partial charge in [-0.3, -0.25) is 0 Å². The number of halogens is 1. The van der Waals surface area contributed by atoms with Crippen molar-refractivity contribution in [1.82, 2.24) is 0 Å². The Morgan fingerprint density at radius 1 is 1.10 bits per heavy atom. The van der Waals surface area contributed by atoms with Crippen LogP contribution in [-0.4, -0.2) is 12.6 Å². The fourth-order valence-electron chi connectivity index (χ4n) is 3.53. The van der Waals surface area contributed by atoms with E-state index < -0.39 is 0 Å². The first-order chi connectivity index (χ1) is 14.1. The van der Waals surface area contributed by atoms with Crippen LogP contribution in [0.5, 0.6) is 0 Å². The molecule has 1 atom stereocenters. The topological polar surface area (TPSA) is 26.3 Å². The lowest BCUT2D eigenvalue weighted by Crippen LogP contribution is -2.16. The number of allylic oxidation sites excluding steroid dienone is 7. The van der Waals surface area contributed by atoms with Crippen molar-refractivity contribution in [2.75, 3.05) is 6.61 Å². The van der Waals surface area contributed by atoms with Crippen molar-refractivity contribution < 1.29 is 9.53 Å². The number of hydrogen-bond acceptors (Lipinski definition) is 2.